The fraction of sp³-hybridized carbons (Fsp3) is 0.231. The molecule has 162 valence electrons. The van der Waals surface area contributed by atoms with Crippen LogP contribution in [0.2, 0.25) is 0 Å². The van der Waals surface area contributed by atoms with E-state index in [1.165, 1.54) is 0 Å². The first-order valence-electron chi connectivity index (χ1n) is 10.6. The van der Waals surface area contributed by atoms with Crippen molar-refractivity contribution >= 4 is 17.6 Å². The molecule has 0 saturated heterocycles. The summed E-state index contributed by atoms with van der Waals surface area (Å²) >= 11 is 0. The van der Waals surface area contributed by atoms with Crippen LogP contribution in [0.4, 0.5) is 5.69 Å². The van der Waals surface area contributed by atoms with Crippen LogP contribution in [0.1, 0.15) is 28.2 Å². The first-order valence-corrected chi connectivity index (χ1v) is 10.6. The second-order valence-corrected chi connectivity index (χ2v) is 8.16. The number of hydrogen-bond donors (Lipinski definition) is 3. The Morgan fingerprint density at radius 3 is 2.00 bits per heavy atom. The van der Waals surface area contributed by atoms with Crippen LogP contribution in [0.5, 0.6) is 0 Å². The number of carbonyl (C=O) groups excluding carboxylic acids is 1. The molecule has 1 amide bonds. The van der Waals surface area contributed by atoms with Gasteiger partial charge >= 0.3 is 5.97 Å². The van der Waals surface area contributed by atoms with Gasteiger partial charge in [0.15, 0.2) is 0 Å². The van der Waals surface area contributed by atoms with Crippen molar-refractivity contribution in [1.82, 2.24) is 0 Å². The fourth-order valence-corrected chi connectivity index (χ4v) is 5.52. The van der Waals surface area contributed by atoms with Gasteiger partial charge in [0, 0.05) is 11.6 Å². The lowest BCUT2D eigenvalue weighted by Gasteiger charge is -2.55. The van der Waals surface area contributed by atoms with Crippen LogP contribution in [0, 0.1) is 11.8 Å². The molecule has 2 unspecified atom stereocenters. The van der Waals surface area contributed by atoms with E-state index in [0.29, 0.717) is 5.69 Å². The summed E-state index contributed by atoms with van der Waals surface area (Å²) in [5.74, 6) is -3.95. The smallest absolute Gasteiger partial charge is 0.311 e. The quantitative estimate of drug-likeness (QED) is 0.559. The highest BCUT2D eigenvalue weighted by atomic mass is 16.5. The lowest BCUT2D eigenvalue weighted by Crippen LogP contribution is -2.59. The summed E-state index contributed by atoms with van der Waals surface area (Å²) in [6, 6.07) is 24.1. The molecule has 6 heteroatoms. The number of anilines is 1. The number of hydrogen-bond acceptors (Lipinski definition) is 4. The van der Waals surface area contributed by atoms with Crippen molar-refractivity contribution in [2.75, 3.05) is 18.5 Å². The van der Waals surface area contributed by atoms with Gasteiger partial charge in [-0.25, -0.2) is 0 Å². The number of rotatable bonds is 6. The molecule has 0 heterocycles. The summed E-state index contributed by atoms with van der Waals surface area (Å²) in [5, 5.41) is 22.9. The zero-order chi connectivity index (χ0) is 22.3. The van der Waals surface area contributed by atoms with E-state index >= 15 is 0 Å². The van der Waals surface area contributed by atoms with Crippen LogP contribution in [-0.2, 0) is 19.9 Å². The molecule has 3 aromatic carbocycles. The van der Waals surface area contributed by atoms with Crippen LogP contribution < -0.4 is 5.32 Å². The van der Waals surface area contributed by atoms with Crippen molar-refractivity contribution in [2.24, 2.45) is 11.8 Å². The predicted octanol–water partition coefficient (Wildman–Crippen LogP) is 3.35. The van der Waals surface area contributed by atoms with Gasteiger partial charge in [-0.15, -0.1) is 0 Å². The van der Waals surface area contributed by atoms with Gasteiger partial charge in [0.2, 0.25) is 5.91 Å². The number of amides is 1. The zero-order valence-electron chi connectivity index (χ0n) is 17.3. The molecule has 3 aliphatic carbocycles. The van der Waals surface area contributed by atoms with Crippen molar-refractivity contribution in [2.45, 2.75) is 11.5 Å². The third-order valence-electron chi connectivity index (χ3n) is 6.58. The molecular weight excluding hydrogens is 406 g/mol. The second-order valence-electron chi connectivity index (χ2n) is 8.16. The number of benzene rings is 3. The van der Waals surface area contributed by atoms with Crippen molar-refractivity contribution in [3.63, 3.8) is 0 Å². The number of fused-ring (bicyclic) bond motifs is 1. The topological polar surface area (TPSA) is 95.9 Å². The van der Waals surface area contributed by atoms with Gasteiger partial charge in [-0.2, -0.15) is 0 Å². The van der Waals surface area contributed by atoms with Gasteiger partial charge in [-0.05, 0) is 34.4 Å². The van der Waals surface area contributed by atoms with Crippen LogP contribution in [-0.4, -0.2) is 35.3 Å². The van der Waals surface area contributed by atoms with Crippen LogP contribution in [0.25, 0.3) is 0 Å². The summed E-state index contributed by atoms with van der Waals surface area (Å²) in [5.41, 5.74) is 2.48. The van der Waals surface area contributed by atoms with Crippen LogP contribution >= 0.6 is 0 Å². The maximum Gasteiger partial charge on any atom is 0.311 e. The third kappa shape index (κ3) is 2.87. The highest BCUT2D eigenvalue weighted by molar-refractivity contribution is 5.98. The molecule has 0 spiro atoms. The summed E-state index contributed by atoms with van der Waals surface area (Å²) in [6.45, 7) is -0.313. The highest BCUT2D eigenvalue weighted by Crippen LogP contribution is 2.62. The molecule has 3 aliphatic rings. The first kappa shape index (κ1) is 20.4. The van der Waals surface area contributed by atoms with E-state index in [1.54, 1.807) is 12.1 Å². The third-order valence-corrected chi connectivity index (χ3v) is 6.58. The van der Waals surface area contributed by atoms with E-state index < -0.39 is 29.3 Å². The normalized spacial score (nSPS) is 25.0. The van der Waals surface area contributed by atoms with Gasteiger partial charge < -0.3 is 20.3 Å². The van der Waals surface area contributed by atoms with Crippen molar-refractivity contribution in [3.05, 3.63) is 101 Å². The molecule has 6 rings (SSSR count). The Kier molecular flexibility index (Phi) is 5.04. The standard InChI is InChI=1S/C26H23NO5/c28-14-15-32-26-19-12-6-4-10-17(19)21(18-11-5-7-13-20(18)26)22(23(26)25(30)31)24(29)27-16-8-2-1-3-9-16/h1-13,21-23,28H,14-15H2,(H,27,29)(H,30,31). The molecular formula is C26H23NO5. The number of carboxylic acids is 1. The lowest BCUT2D eigenvalue weighted by atomic mass is 9.51. The van der Waals surface area contributed by atoms with Gasteiger partial charge in [-0.1, -0.05) is 66.7 Å². The number of aliphatic hydroxyl groups excluding tert-OH is 1. The molecule has 0 aromatic heterocycles. The molecule has 6 nitrogen and oxygen atoms in total. The minimum atomic E-state index is -1.38. The number of carbonyl (C=O) groups is 2. The first-order chi connectivity index (χ1) is 15.6. The SMILES string of the molecule is O=C(Nc1ccccc1)C1C2c3ccccc3C(OCCO)(c3ccccc32)C1C(=O)O. The molecule has 0 fully saturated rings. The zero-order valence-corrected chi connectivity index (χ0v) is 17.3. The minimum absolute atomic E-state index is 0.0514. The van der Waals surface area contributed by atoms with Crippen LogP contribution in [0.3, 0.4) is 0 Å². The summed E-state index contributed by atoms with van der Waals surface area (Å²) < 4.78 is 6.25. The molecule has 3 N–H and O–H groups in total. The molecule has 3 aromatic rings. The Bertz CT molecular complexity index is 1130. The second kappa shape index (κ2) is 7.89. The van der Waals surface area contributed by atoms with E-state index in [4.69, 9.17) is 4.74 Å². The average Bonchev–Trinajstić information content (AvgIpc) is 2.83. The molecule has 2 bridgehead atoms. The number of ether oxygens (including phenoxy) is 1. The van der Waals surface area contributed by atoms with Crippen molar-refractivity contribution in [3.8, 4) is 0 Å². The number of aliphatic carboxylic acids is 1. The van der Waals surface area contributed by atoms with E-state index in [2.05, 4.69) is 5.32 Å². The molecule has 32 heavy (non-hydrogen) atoms. The van der Waals surface area contributed by atoms with Gasteiger partial charge in [0.1, 0.15) is 11.5 Å². The number of nitrogens with one attached hydrogen (secondary N) is 1. The highest BCUT2D eigenvalue weighted by Gasteiger charge is 2.64. The van der Waals surface area contributed by atoms with E-state index in [9.17, 15) is 19.8 Å². The van der Waals surface area contributed by atoms with Gasteiger partial charge in [0.25, 0.3) is 0 Å². The Morgan fingerprint density at radius 1 is 0.875 bits per heavy atom. The molecule has 0 saturated carbocycles. The minimum Gasteiger partial charge on any atom is -0.481 e. The largest absolute Gasteiger partial charge is 0.481 e. The number of para-hydroxylation sites is 1. The fourth-order valence-electron chi connectivity index (χ4n) is 5.52. The van der Waals surface area contributed by atoms with E-state index in [1.807, 2.05) is 66.7 Å². The predicted molar refractivity (Wildman–Crippen MR) is 118 cm³/mol. The molecule has 0 aliphatic heterocycles. The van der Waals surface area contributed by atoms with Crippen molar-refractivity contribution in [1.29, 1.82) is 0 Å². The Morgan fingerprint density at radius 2 is 1.44 bits per heavy atom. The summed E-state index contributed by atoms with van der Waals surface area (Å²) in [7, 11) is 0. The number of aliphatic hydroxyl groups is 1. The van der Waals surface area contributed by atoms with Crippen LogP contribution in [0.15, 0.2) is 78.9 Å². The Hall–Kier alpha value is -3.48. The van der Waals surface area contributed by atoms with Gasteiger partial charge in [0.05, 0.1) is 19.1 Å². The Balaban J connectivity index is 1.75. The van der Waals surface area contributed by atoms with E-state index in [0.717, 1.165) is 22.3 Å². The van der Waals surface area contributed by atoms with E-state index in [-0.39, 0.29) is 19.1 Å². The molecule has 0 radical (unpaired) electrons. The van der Waals surface area contributed by atoms with Crippen molar-refractivity contribution < 1.29 is 24.5 Å². The van der Waals surface area contributed by atoms with Gasteiger partial charge in [-0.3, -0.25) is 9.59 Å². The maximum atomic E-state index is 13.6. The monoisotopic (exact) mass is 429 g/mol. The lowest BCUT2D eigenvalue weighted by molar-refractivity contribution is -0.169. The average molecular weight is 429 g/mol. The Labute approximate surface area is 185 Å². The molecule has 2 atom stereocenters. The summed E-state index contributed by atoms with van der Waals surface area (Å²) in [4.78, 5) is 26.4. The maximum absolute atomic E-state index is 13.6. The number of carboxylic acid groups (broad SMARTS) is 1. The summed E-state index contributed by atoms with van der Waals surface area (Å²) in [6.07, 6.45) is 0.